The summed E-state index contributed by atoms with van der Waals surface area (Å²) in [5, 5.41) is 13.9. The third kappa shape index (κ3) is 7.92. The van der Waals surface area contributed by atoms with E-state index in [-0.39, 0.29) is 22.2 Å². The van der Waals surface area contributed by atoms with Gasteiger partial charge in [-0.3, -0.25) is 4.79 Å². The lowest BCUT2D eigenvalue weighted by molar-refractivity contribution is -0.116. The second kappa shape index (κ2) is 12.6. The Morgan fingerprint density at radius 1 is 0.900 bits per heavy atom. The van der Waals surface area contributed by atoms with Crippen LogP contribution in [0.5, 0.6) is 11.5 Å². The van der Waals surface area contributed by atoms with Crippen molar-refractivity contribution in [3.05, 3.63) is 53.1 Å². The smallest absolute Gasteiger partial charge is 0.397 e. The molecule has 4 rings (SSSR count). The Morgan fingerprint density at radius 2 is 1.40 bits per heavy atom. The molecular formula is C29H41NO8P2. The summed E-state index contributed by atoms with van der Waals surface area (Å²) < 4.78 is 33.8. The highest BCUT2D eigenvalue weighted by atomic mass is 31.2. The first-order valence-electron chi connectivity index (χ1n) is 13.4. The van der Waals surface area contributed by atoms with Crippen LogP contribution in [-0.4, -0.2) is 44.6 Å². The molecule has 2 aromatic rings. The van der Waals surface area contributed by atoms with Crippen LogP contribution in [0.4, 0.5) is 5.69 Å². The highest BCUT2D eigenvalue weighted by Gasteiger charge is 2.44. The van der Waals surface area contributed by atoms with Crippen molar-refractivity contribution in [2.24, 2.45) is 5.41 Å². The molecule has 2 N–H and O–H groups in total. The third-order valence-corrected chi connectivity index (χ3v) is 8.82. The molecule has 0 unspecified atom stereocenters. The van der Waals surface area contributed by atoms with Crippen LogP contribution < -0.4 is 9.84 Å². The van der Waals surface area contributed by atoms with Gasteiger partial charge in [0.1, 0.15) is 11.5 Å². The lowest BCUT2D eigenvalue weighted by Gasteiger charge is -2.41. The van der Waals surface area contributed by atoms with Gasteiger partial charge < -0.3 is 37.6 Å². The van der Waals surface area contributed by atoms with Crippen LogP contribution >= 0.6 is 17.2 Å². The summed E-state index contributed by atoms with van der Waals surface area (Å²) in [7, 11) is -1.26. The van der Waals surface area contributed by atoms with E-state index in [9.17, 15) is 9.90 Å². The molecule has 0 bridgehead atoms. The summed E-state index contributed by atoms with van der Waals surface area (Å²) in [5.74, 6) is 0.852. The Hall–Kier alpha value is -1.83. The van der Waals surface area contributed by atoms with Gasteiger partial charge in [0.25, 0.3) is 0 Å². The average molecular weight is 594 g/mol. The van der Waals surface area contributed by atoms with Crippen LogP contribution in [-0.2, 0) is 44.7 Å². The SMILES string of the molecule is COP1OCC2(CO1)COP(Oc1ccc(NC(=O)CCc3cc(C(C)(C)C)c(O)c(C(C)(C)C)c3)cc1)OC2. The first kappa shape index (κ1) is 31.1. The molecule has 1 spiro atoms. The fraction of sp³-hybridized carbons (Fsp3) is 0.552. The van der Waals surface area contributed by atoms with Crippen molar-refractivity contribution in [1.29, 1.82) is 0 Å². The standard InChI is InChI=1S/C29H41NO8P2/c1-27(2,3)23-14-20(15-24(26(23)32)28(4,5)6)8-13-25(31)30-21-9-11-22(12-10-21)38-40-36-18-29(19-37-40)16-34-39(33-7)35-17-29/h9-12,14-15,32H,8,13,16-19H2,1-7H3,(H,30,31). The summed E-state index contributed by atoms with van der Waals surface area (Å²) in [5.41, 5.74) is 2.73. The zero-order chi connectivity index (χ0) is 29.1. The molecule has 220 valence electrons. The van der Waals surface area contributed by atoms with Gasteiger partial charge >= 0.3 is 17.2 Å². The van der Waals surface area contributed by atoms with Crippen molar-refractivity contribution in [3.8, 4) is 11.5 Å². The lowest BCUT2D eigenvalue weighted by Crippen LogP contribution is -2.44. The van der Waals surface area contributed by atoms with Gasteiger partial charge in [0.05, 0.1) is 31.8 Å². The van der Waals surface area contributed by atoms with Crippen LogP contribution in [0.1, 0.15) is 64.7 Å². The summed E-state index contributed by atoms with van der Waals surface area (Å²) in [4.78, 5) is 12.7. The summed E-state index contributed by atoms with van der Waals surface area (Å²) in [6, 6.07) is 11.2. The molecule has 2 saturated heterocycles. The molecule has 0 radical (unpaired) electrons. The first-order chi connectivity index (χ1) is 18.8. The quantitative estimate of drug-likeness (QED) is 0.327. The number of phenols is 1. The van der Waals surface area contributed by atoms with E-state index in [4.69, 9.17) is 27.1 Å². The largest absolute Gasteiger partial charge is 0.507 e. The maximum atomic E-state index is 12.7. The van der Waals surface area contributed by atoms with Gasteiger partial charge in [-0.25, -0.2) is 0 Å². The Balaban J connectivity index is 1.28. The van der Waals surface area contributed by atoms with E-state index in [2.05, 4.69) is 46.9 Å². The number of nitrogens with one attached hydrogen (secondary N) is 1. The Kier molecular flexibility index (Phi) is 9.79. The minimum absolute atomic E-state index is 0.0842. The number of carbonyl (C=O) groups is 1. The minimum atomic E-state index is -1.54. The van der Waals surface area contributed by atoms with Crippen molar-refractivity contribution < 1.29 is 37.0 Å². The van der Waals surface area contributed by atoms with Gasteiger partial charge in [-0.1, -0.05) is 53.7 Å². The highest BCUT2D eigenvalue weighted by molar-refractivity contribution is 7.42. The molecule has 2 fully saturated rings. The second-order valence-corrected chi connectivity index (χ2v) is 14.9. The van der Waals surface area contributed by atoms with Gasteiger partial charge in [0, 0.05) is 19.2 Å². The molecule has 0 saturated carbocycles. The van der Waals surface area contributed by atoms with Crippen LogP contribution in [0, 0.1) is 5.41 Å². The van der Waals surface area contributed by atoms with Crippen molar-refractivity contribution in [3.63, 3.8) is 0 Å². The van der Waals surface area contributed by atoms with Crippen LogP contribution in [0.2, 0.25) is 0 Å². The fourth-order valence-electron chi connectivity index (χ4n) is 4.39. The maximum Gasteiger partial charge on any atom is 0.397 e. The predicted molar refractivity (Wildman–Crippen MR) is 157 cm³/mol. The summed E-state index contributed by atoms with van der Waals surface area (Å²) in [6.45, 7) is 14.2. The van der Waals surface area contributed by atoms with Gasteiger partial charge in [0.2, 0.25) is 5.91 Å². The molecule has 9 nitrogen and oxygen atoms in total. The number of phenolic OH excluding ortho intramolecular Hbond substituents is 1. The van der Waals surface area contributed by atoms with Crippen molar-refractivity contribution >= 4 is 28.8 Å². The number of aryl methyl sites for hydroxylation is 1. The molecule has 2 aliphatic rings. The van der Waals surface area contributed by atoms with Crippen molar-refractivity contribution in [2.75, 3.05) is 38.9 Å². The highest BCUT2D eigenvalue weighted by Crippen LogP contribution is 2.52. The number of benzene rings is 2. The number of amides is 1. The molecule has 0 aliphatic carbocycles. The van der Waals surface area contributed by atoms with Crippen molar-refractivity contribution in [2.45, 2.75) is 65.2 Å². The maximum absolute atomic E-state index is 12.7. The number of hydrogen-bond acceptors (Lipinski definition) is 8. The zero-order valence-corrected chi connectivity index (χ0v) is 26.2. The Labute approximate surface area is 239 Å². The van der Waals surface area contributed by atoms with E-state index < -0.39 is 17.2 Å². The monoisotopic (exact) mass is 593 g/mol. The molecule has 2 aliphatic heterocycles. The Bertz CT molecular complexity index is 1120. The molecular weight excluding hydrogens is 552 g/mol. The number of rotatable bonds is 7. The summed E-state index contributed by atoms with van der Waals surface area (Å²) in [6.07, 6.45) is 0.897. The number of anilines is 1. The minimum Gasteiger partial charge on any atom is -0.507 e. The zero-order valence-electron chi connectivity index (χ0n) is 24.4. The Morgan fingerprint density at radius 3 is 1.88 bits per heavy atom. The number of hydrogen-bond donors (Lipinski definition) is 2. The average Bonchev–Trinajstić information content (AvgIpc) is 2.90. The van der Waals surface area contributed by atoms with E-state index in [1.165, 1.54) is 0 Å². The van der Waals surface area contributed by atoms with E-state index in [0.29, 0.717) is 56.5 Å². The lowest BCUT2D eigenvalue weighted by atomic mass is 9.78. The molecule has 2 heterocycles. The van der Waals surface area contributed by atoms with E-state index in [1.54, 1.807) is 31.4 Å². The van der Waals surface area contributed by atoms with Gasteiger partial charge in [-0.2, -0.15) is 0 Å². The third-order valence-electron chi connectivity index (χ3n) is 6.80. The molecule has 1 amide bonds. The first-order valence-corrected chi connectivity index (χ1v) is 15.6. The fourth-order valence-corrected chi connectivity index (χ4v) is 6.67. The molecule has 2 aromatic carbocycles. The van der Waals surface area contributed by atoms with Gasteiger partial charge in [-0.15, -0.1) is 0 Å². The molecule has 11 heteroatoms. The van der Waals surface area contributed by atoms with Crippen LogP contribution in [0.15, 0.2) is 36.4 Å². The van der Waals surface area contributed by atoms with Crippen LogP contribution in [0.25, 0.3) is 0 Å². The van der Waals surface area contributed by atoms with E-state index >= 15 is 0 Å². The van der Waals surface area contributed by atoms with E-state index in [1.807, 2.05) is 12.1 Å². The summed E-state index contributed by atoms with van der Waals surface area (Å²) >= 11 is 0. The molecule has 40 heavy (non-hydrogen) atoms. The van der Waals surface area contributed by atoms with Crippen LogP contribution in [0.3, 0.4) is 0 Å². The molecule has 0 atom stereocenters. The van der Waals surface area contributed by atoms with E-state index in [0.717, 1.165) is 16.7 Å². The normalized spacial score (nSPS) is 23.7. The van der Waals surface area contributed by atoms with Crippen molar-refractivity contribution in [1.82, 2.24) is 0 Å². The number of aromatic hydroxyl groups is 1. The molecule has 0 aromatic heterocycles. The topological polar surface area (TPSA) is 105 Å². The number of carbonyl (C=O) groups excluding carboxylic acids is 1. The van der Waals surface area contributed by atoms with Gasteiger partial charge in [0.15, 0.2) is 0 Å². The van der Waals surface area contributed by atoms with Gasteiger partial charge in [-0.05, 0) is 58.2 Å². The predicted octanol–water partition coefficient (Wildman–Crippen LogP) is 7.12. The second-order valence-electron chi connectivity index (χ2n) is 12.4.